The molecule has 0 spiro atoms. The third kappa shape index (κ3) is 6.52. The van der Waals surface area contributed by atoms with Crippen LogP contribution < -0.4 is 16.2 Å². The molecule has 0 aromatic heterocycles. The highest BCUT2D eigenvalue weighted by Crippen LogP contribution is 2.29. The second kappa shape index (κ2) is 11.7. The van der Waals surface area contributed by atoms with E-state index in [-0.39, 0.29) is 18.8 Å². The Balaban J connectivity index is 1.67. The molecule has 6 N–H and O–H groups in total. The third-order valence-corrected chi connectivity index (χ3v) is 5.22. The summed E-state index contributed by atoms with van der Waals surface area (Å²) >= 11 is 0. The molecule has 0 unspecified atom stereocenters. The molecule has 1 aliphatic rings. The normalized spacial score (nSPS) is 20.0. The maximum atomic E-state index is 11.0. The number of nitrogens with one attached hydrogen (secondary N) is 2. The minimum Gasteiger partial charge on any atom is -0.395 e. The number of piperidine rings is 1. The lowest BCUT2D eigenvalue weighted by Gasteiger charge is -2.36. The smallest absolute Gasteiger partial charge is 0.131 e. The monoisotopic (exact) mass is 392 g/mol. The maximum Gasteiger partial charge on any atom is 0.131 e. The van der Waals surface area contributed by atoms with E-state index in [4.69, 9.17) is 11.3 Å². The highest BCUT2D eigenvalue weighted by atomic mass is 16.3. The van der Waals surface area contributed by atoms with Crippen LogP contribution in [0.1, 0.15) is 38.5 Å². The number of hydrazine groups is 1. The number of aliphatic hydroxyl groups excluding tert-OH is 2. The molecule has 9 nitrogen and oxygen atoms in total. The largest absolute Gasteiger partial charge is 0.395 e. The molecule has 1 aliphatic heterocycles. The molecule has 1 aromatic carbocycles. The zero-order chi connectivity index (χ0) is 20.4. The van der Waals surface area contributed by atoms with Gasteiger partial charge in [0.2, 0.25) is 0 Å². The lowest BCUT2D eigenvalue weighted by molar-refractivity contribution is 0.0163. The van der Waals surface area contributed by atoms with Gasteiger partial charge in [-0.25, -0.2) is 5.84 Å². The van der Waals surface area contributed by atoms with Crippen molar-refractivity contribution in [3.05, 3.63) is 23.1 Å². The Hall–Kier alpha value is -2.07. The molecule has 28 heavy (non-hydrogen) atoms. The van der Waals surface area contributed by atoms with Crippen LogP contribution in [0, 0.1) is 10.3 Å². The Kier molecular flexibility index (Phi) is 9.29. The number of anilines is 2. The summed E-state index contributed by atoms with van der Waals surface area (Å²) in [4.78, 5) is 13.2. The molecule has 0 aliphatic carbocycles. The van der Waals surface area contributed by atoms with Crippen LogP contribution in [0.2, 0.25) is 0 Å². The first-order chi connectivity index (χ1) is 13.6. The van der Waals surface area contributed by atoms with Gasteiger partial charge in [-0.15, -0.1) is 4.91 Å². The van der Waals surface area contributed by atoms with Crippen molar-refractivity contribution >= 4 is 23.4 Å². The molecule has 1 saturated heterocycles. The molecular weight excluding hydrogens is 360 g/mol. The number of nitrogens with two attached hydrogens (primary N) is 1. The molecule has 2 rings (SSSR count). The van der Waals surface area contributed by atoms with Crippen LogP contribution in [0.3, 0.4) is 0 Å². The predicted molar refractivity (Wildman–Crippen MR) is 112 cm³/mol. The Labute approximate surface area is 166 Å². The number of nitrogens with zero attached hydrogens (tertiary/aromatic N) is 3. The number of rotatable bonds is 12. The highest BCUT2D eigenvalue weighted by Gasteiger charge is 2.26. The van der Waals surface area contributed by atoms with E-state index in [2.05, 4.69) is 15.4 Å². The van der Waals surface area contributed by atoms with Crippen molar-refractivity contribution in [3.63, 3.8) is 0 Å². The van der Waals surface area contributed by atoms with E-state index in [0.29, 0.717) is 23.5 Å². The van der Waals surface area contributed by atoms with Crippen LogP contribution in [-0.4, -0.2) is 59.8 Å². The van der Waals surface area contributed by atoms with Crippen molar-refractivity contribution in [2.24, 2.45) is 11.0 Å². The van der Waals surface area contributed by atoms with Gasteiger partial charge in [-0.3, -0.25) is 15.3 Å². The summed E-state index contributed by atoms with van der Waals surface area (Å²) in [5, 5.41) is 33.8. The van der Waals surface area contributed by atoms with Crippen LogP contribution in [0.4, 0.5) is 17.1 Å². The fourth-order valence-corrected chi connectivity index (χ4v) is 3.56. The second-order valence-corrected chi connectivity index (χ2v) is 7.22. The molecule has 0 saturated carbocycles. The molecule has 1 fully saturated rings. The van der Waals surface area contributed by atoms with E-state index >= 15 is 0 Å². The number of hydrogen-bond donors (Lipinski definition) is 5. The zero-order valence-electron chi connectivity index (χ0n) is 16.3. The first kappa shape index (κ1) is 22.2. The van der Waals surface area contributed by atoms with Crippen molar-refractivity contribution < 1.29 is 10.2 Å². The number of nitroso groups, excluding NO2 is 1. The van der Waals surface area contributed by atoms with Gasteiger partial charge in [0.05, 0.1) is 24.1 Å². The quantitative estimate of drug-likeness (QED) is 0.0917. The van der Waals surface area contributed by atoms with Gasteiger partial charge in [-0.1, -0.05) is 12.8 Å². The van der Waals surface area contributed by atoms with E-state index in [9.17, 15) is 15.1 Å². The lowest BCUT2D eigenvalue weighted by atomic mass is 9.99. The topological polar surface area (TPSA) is 138 Å². The first-order valence-electron chi connectivity index (χ1n) is 9.87. The summed E-state index contributed by atoms with van der Waals surface area (Å²) in [5.41, 5.74) is 1.54. The number of likely N-dealkylation sites (tertiary alicyclic amines) is 1. The van der Waals surface area contributed by atoms with Gasteiger partial charge < -0.3 is 15.5 Å². The van der Waals surface area contributed by atoms with Gasteiger partial charge >= 0.3 is 0 Å². The fraction of sp³-hybridized carbons (Fsp3) is 0.632. The highest BCUT2D eigenvalue weighted by molar-refractivity contribution is 5.80. The van der Waals surface area contributed by atoms with Gasteiger partial charge in [0, 0.05) is 19.1 Å². The van der Waals surface area contributed by atoms with Crippen molar-refractivity contribution in [2.45, 2.75) is 50.7 Å². The van der Waals surface area contributed by atoms with E-state index < -0.39 is 0 Å². The van der Waals surface area contributed by atoms with Crippen molar-refractivity contribution in [2.75, 3.05) is 36.6 Å². The van der Waals surface area contributed by atoms with E-state index in [1.165, 1.54) is 5.01 Å². The molecule has 2 atom stereocenters. The molecule has 9 heteroatoms. The summed E-state index contributed by atoms with van der Waals surface area (Å²) in [5.74, 6) is 5.67. The Bertz CT molecular complexity index is 630. The summed E-state index contributed by atoms with van der Waals surface area (Å²) in [7, 11) is 0. The first-order valence-corrected chi connectivity index (χ1v) is 9.87. The molecule has 0 amide bonds. The van der Waals surface area contributed by atoms with Crippen molar-refractivity contribution in [3.8, 4) is 0 Å². The van der Waals surface area contributed by atoms with Gasteiger partial charge in [0.15, 0.2) is 0 Å². The van der Waals surface area contributed by atoms with Gasteiger partial charge in [0.1, 0.15) is 12.0 Å². The van der Waals surface area contributed by atoms with Gasteiger partial charge in [0.25, 0.3) is 0 Å². The minimum atomic E-state index is -0.283. The van der Waals surface area contributed by atoms with E-state index in [1.807, 2.05) is 0 Å². The number of aliphatic hydroxyl groups is 2. The summed E-state index contributed by atoms with van der Waals surface area (Å²) in [6, 6.07) is 5.02. The second-order valence-electron chi connectivity index (χ2n) is 7.22. The molecule has 1 aromatic rings. The van der Waals surface area contributed by atoms with Crippen LogP contribution in [0.15, 0.2) is 23.4 Å². The molecule has 156 valence electrons. The fourth-order valence-electron chi connectivity index (χ4n) is 3.56. The van der Waals surface area contributed by atoms with Crippen molar-refractivity contribution in [1.82, 2.24) is 4.90 Å². The molecular formula is C19H32N6O3. The number of benzene rings is 1. The SMILES string of the molecule is N=CN(N)c1ccc(N=O)c(NCCCCCCN2CC[C@@H](O)C[C@H]2CO)c1. The minimum absolute atomic E-state index is 0.0787. The zero-order valence-corrected chi connectivity index (χ0v) is 16.3. The maximum absolute atomic E-state index is 11.0. The lowest BCUT2D eigenvalue weighted by Crippen LogP contribution is -2.46. The van der Waals surface area contributed by atoms with Crippen LogP contribution in [0.25, 0.3) is 0 Å². The van der Waals surface area contributed by atoms with Gasteiger partial charge in [-0.05, 0) is 55.6 Å². The van der Waals surface area contributed by atoms with Crippen LogP contribution >= 0.6 is 0 Å². The standard InChI is InChI=1S/C19H32N6O3/c20-14-25(21)15-5-6-18(23-28)19(12-15)22-8-3-1-2-4-9-24-10-7-17(27)11-16(24)13-26/h5-6,12,14,16-17,20,22,26-27H,1-4,7-11,13,21H2/t16-,17+/m0/s1. The van der Waals surface area contributed by atoms with Gasteiger partial charge in [-0.2, -0.15) is 0 Å². The van der Waals surface area contributed by atoms with Crippen LogP contribution in [0.5, 0.6) is 0 Å². The average Bonchev–Trinajstić information content (AvgIpc) is 2.72. The van der Waals surface area contributed by atoms with E-state index in [0.717, 1.165) is 58.1 Å². The number of hydrogen-bond acceptors (Lipinski definition) is 8. The summed E-state index contributed by atoms with van der Waals surface area (Å²) in [6.45, 7) is 2.61. The molecule has 1 heterocycles. The van der Waals surface area contributed by atoms with Crippen molar-refractivity contribution in [1.29, 1.82) is 5.41 Å². The Morgan fingerprint density at radius 2 is 2.14 bits per heavy atom. The molecule has 0 bridgehead atoms. The number of unbranched alkanes of at least 4 members (excludes halogenated alkanes) is 3. The predicted octanol–water partition coefficient (Wildman–Crippen LogP) is 2.16. The summed E-state index contributed by atoms with van der Waals surface area (Å²) < 4.78 is 0. The Morgan fingerprint density at radius 1 is 1.36 bits per heavy atom. The van der Waals surface area contributed by atoms with E-state index in [1.54, 1.807) is 18.2 Å². The Morgan fingerprint density at radius 3 is 2.86 bits per heavy atom. The average molecular weight is 393 g/mol. The summed E-state index contributed by atoms with van der Waals surface area (Å²) in [6.07, 6.45) is 6.32. The van der Waals surface area contributed by atoms with Crippen LogP contribution in [-0.2, 0) is 0 Å². The molecule has 0 radical (unpaired) electrons. The third-order valence-electron chi connectivity index (χ3n) is 5.22.